The first-order valence-electron chi connectivity index (χ1n) is 9.97. The van der Waals surface area contributed by atoms with Crippen LogP contribution < -0.4 is 10.4 Å². The van der Waals surface area contributed by atoms with Gasteiger partial charge in [0.05, 0.1) is 0 Å². The summed E-state index contributed by atoms with van der Waals surface area (Å²) in [6.07, 6.45) is -3.61. The zero-order valence-electron chi connectivity index (χ0n) is 18.1. The molecule has 10 nitrogen and oxygen atoms in total. The Labute approximate surface area is 183 Å². The van der Waals surface area contributed by atoms with Crippen LogP contribution in [0.3, 0.4) is 0 Å². The molecule has 4 atom stereocenters. The lowest BCUT2D eigenvalue weighted by molar-refractivity contribution is -0.253. The van der Waals surface area contributed by atoms with Gasteiger partial charge in [-0.2, -0.15) is 0 Å². The van der Waals surface area contributed by atoms with Crippen LogP contribution in [0.1, 0.15) is 32.8 Å². The summed E-state index contributed by atoms with van der Waals surface area (Å²) in [4.78, 5) is 46.1. The van der Waals surface area contributed by atoms with Crippen molar-refractivity contribution in [1.29, 1.82) is 0 Å². The van der Waals surface area contributed by atoms with E-state index in [1.807, 2.05) is 0 Å². The van der Waals surface area contributed by atoms with Crippen LogP contribution in [0.2, 0.25) is 0 Å². The maximum Gasteiger partial charge on any atom is 0.336 e. The number of rotatable bonds is 6. The SMILES string of the molecule is CC(=O)OC[C@H]1O[C@@H](Oc2ccc3c(C)cc(=O)oc3c2)[C@H](OC(C)=O)C[C@H]1OC(C)=O. The lowest BCUT2D eigenvalue weighted by Gasteiger charge is -2.39. The first-order valence-corrected chi connectivity index (χ1v) is 9.97. The van der Waals surface area contributed by atoms with Crippen LogP contribution in [0.4, 0.5) is 0 Å². The zero-order valence-corrected chi connectivity index (χ0v) is 18.1. The minimum absolute atomic E-state index is 0.0670. The number of esters is 3. The fraction of sp³-hybridized carbons (Fsp3) is 0.455. The van der Waals surface area contributed by atoms with Gasteiger partial charge in [-0.1, -0.05) is 0 Å². The van der Waals surface area contributed by atoms with Gasteiger partial charge in [0.2, 0.25) is 6.29 Å². The van der Waals surface area contributed by atoms with Gasteiger partial charge in [0.25, 0.3) is 0 Å². The van der Waals surface area contributed by atoms with Gasteiger partial charge in [-0.15, -0.1) is 0 Å². The molecule has 2 heterocycles. The highest BCUT2D eigenvalue weighted by Crippen LogP contribution is 2.30. The van der Waals surface area contributed by atoms with E-state index in [1.165, 1.54) is 32.9 Å². The van der Waals surface area contributed by atoms with Crippen LogP contribution in [-0.4, -0.2) is 49.1 Å². The minimum atomic E-state index is -1.10. The summed E-state index contributed by atoms with van der Waals surface area (Å²) in [6, 6.07) is 6.29. The highest BCUT2D eigenvalue weighted by atomic mass is 16.7. The number of fused-ring (bicyclic) bond motifs is 1. The van der Waals surface area contributed by atoms with E-state index in [2.05, 4.69) is 0 Å². The Hall–Kier alpha value is -3.40. The molecule has 2 aromatic rings. The largest absolute Gasteiger partial charge is 0.463 e. The van der Waals surface area contributed by atoms with Crippen LogP contribution >= 0.6 is 0 Å². The van der Waals surface area contributed by atoms with Crippen molar-refractivity contribution in [1.82, 2.24) is 0 Å². The van der Waals surface area contributed by atoms with Crippen LogP contribution in [0.5, 0.6) is 5.75 Å². The van der Waals surface area contributed by atoms with E-state index in [4.69, 9.17) is 28.1 Å². The Morgan fingerprint density at radius 2 is 1.69 bits per heavy atom. The Morgan fingerprint density at radius 1 is 1.00 bits per heavy atom. The molecule has 0 aliphatic carbocycles. The van der Waals surface area contributed by atoms with Gasteiger partial charge >= 0.3 is 23.5 Å². The number of hydrogen-bond donors (Lipinski definition) is 0. The maximum atomic E-state index is 11.7. The topological polar surface area (TPSA) is 128 Å². The fourth-order valence-corrected chi connectivity index (χ4v) is 3.46. The number of ether oxygens (including phenoxy) is 5. The van der Waals surface area contributed by atoms with Crippen molar-refractivity contribution >= 4 is 28.9 Å². The van der Waals surface area contributed by atoms with Gasteiger partial charge in [0.1, 0.15) is 30.1 Å². The molecule has 0 radical (unpaired) electrons. The standard InChI is InChI=1S/C22H24O10/c1-11-7-21(26)31-17-8-15(5-6-16(11)17)30-22-19(29-14(4)25)9-18(28-13(3)24)20(32-22)10-27-12(2)23/h5-8,18-20,22H,9-10H2,1-4H3/t18-,19-,20-,22-/m1/s1. The predicted molar refractivity (Wildman–Crippen MR) is 109 cm³/mol. The lowest BCUT2D eigenvalue weighted by atomic mass is 10.0. The molecule has 0 saturated carbocycles. The number of hydrogen-bond acceptors (Lipinski definition) is 10. The van der Waals surface area contributed by atoms with Crippen LogP contribution in [-0.2, 0) is 33.3 Å². The summed E-state index contributed by atoms with van der Waals surface area (Å²) in [5, 5.41) is 0.737. The van der Waals surface area contributed by atoms with Crippen molar-refractivity contribution in [3.05, 3.63) is 40.2 Å². The number of carbonyl (C=O) groups is 3. The molecule has 3 rings (SSSR count). The third-order valence-electron chi connectivity index (χ3n) is 4.75. The summed E-state index contributed by atoms with van der Waals surface area (Å²) in [6.45, 7) is 5.30. The fourth-order valence-electron chi connectivity index (χ4n) is 3.46. The number of benzene rings is 1. The normalized spacial score (nSPS) is 22.8. The highest BCUT2D eigenvalue weighted by molar-refractivity contribution is 5.81. The molecule has 0 N–H and O–H groups in total. The third kappa shape index (κ3) is 5.85. The maximum absolute atomic E-state index is 11.7. The third-order valence-corrected chi connectivity index (χ3v) is 4.75. The highest BCUT2D eigenvalue weighted by Gasteiger charge is 2.43. The Kier molecular flexibility index (Phi) is 7.14. The second-order valence-corrected chi connectivity index (χ2v) is 7.40. The second-order valence-electron chi connectivity index (χ2n) is 7.40. The van der Waals surface area contributed by atoms with E-state index in [0.29, 0.717) is 11.3 Å². The van der Waals surface area contributed by atoms with Crippen LogP contribution in [0, 0.1) is 6.92 Å². The van der Waals surface area contributed by atoms with E-state index in [-0.39, 0.29) is 13.0 Å². The molecule has 32 heavy (non-hydrogen) atoms. The molecule has 1 aromatic carbocycles. The summed E-state index contributed by atoms with van der Waals surface area (Å²) < 4.78 is 32.6. The lowest BCUT2D eigenvalue weighted by Crippen LogP contribution is -2.53. The van der Waals surface area contributed by atoms with E-state index in [9.17, 15) is 19.2 Å². The van der Waals surface area contributed by atoms with Gasteiger partial charge in [-0.25, -0.2) is 4.79 Å². The molecule has 0 bridgehead atoms. The van der Waals surface area contributed by atoms with Crippen molar-refractivity contribution in [3.63, 3.8) is 0 Å². The second kappa shape index (κ2) is 9.82. The molecule has 172 valence electrons. The smallest absolute Gasteiger partial charge is 0.336 e. The first-order chi connectivity index (χ1) is 15.1. The molecule has 1 fully saturated rings. The summed E-state index contributed by atoms with van der Waals surface area (Å²) in [7, 11) is 0. The van der Waals surface area contributed by atoms with Crippen LogP contribution in [0.15, 0.2) is 33.5 Å². The molecular formula is C22H24O10. The van der Waals surface area contributed by atoms with E-state index in [1.54, 1.807) is 19.1 Å². The van der Waals surface area contributed by atoms with Crippen LogP contribution in [0.25, 0.3) is 11.0 Å². The molecule has 1 aromatic heterocycles. The van der Waals surface area contributed by atoms with E-state index < -0.39 is 48.1 Å². The van der Waals surface area contributed by atoms with Gasteiger partial charge in [-0.05, 0) is 24.6 Å². The Morgan fingerprint density at radius 3 is 2.34 bits per heavy atom. The predicted octanol–water partition coefficient (Wildman–Crippen LogP) is 2.02. The van der Waals surface area contributed by atoms with Gasteiger partial charge in [0, 0.05) is 44.7 Å². The Bertz CT molecular complexity index is 1070. The molecule has 1 aliphatic heterocycles. The minimum Gasteiger partial charge on any atom is -0.463 e. The molecule has 1 saturated heterocycles. The molecule has 10 heteroatoms. The monoisotopic (exact) mass is 448 g/mol. The van der Waals surface area contributed by atoms with Crippen molar-refractivity contribution in [2.45, 2.75) is 58.7 Å². The summed E-state index contributed by atoms with van der Waals surface area (Å²) >= 11 is 0. The summed E-state index contributed by atoms with van der Waals surface area (Å²) in [5.74, 6) is -1.38. The van der Waals surface area contributed by atoms with Crippen molar-refractivity contribution in [2.75, 3.05) is 6.61 Å². The quantitative estimate of drug-likeness (QED) is 0.368. The van der Waals surface area contributed by atoms with Gasteiger partial charge < -0.3 is 28.1 Å². The van der Waals surface area contributed by atoms with Crippen molar-refractivity contribution < 1.29 is 42.5 Å². The zero-order chi connectivity index (χ0) is 23.4. The average Bonchev–Trinajstić information content (AvgIpc) is 2.67. The number of aryl methyl sites for hydroxylation is 1. The molecule has 1 aliphatic rings. The Balaban J connectivity index is 1.87. The molecular weight excluding hydrogens is 424 g/mol. The number of carbonyl (C=O) groups excluding carboxylic acids is 3. The molecule has 0 unspecified atom stereocenters. The van der Waals surface area contributed by atoms with Crippen molar-refractivity contribution in [3.8, 4) is 5.75 Å². The van der Waals surface area contributed by atoms with Crippen molar-refractivity contribution in [2.24, 2.45) is 0 Å². The molecule has 0 spiro atoms. The first kappa shape index (κ1) is 23.3. The molecule has 0 amide bonds. The summed E-state index contributed by atoms with van der Waals surface area (Å²) in [5.41, 5.74) is 0.575. The van der Waals surface area contributed by atoms with E-state index >= 15 is 0 Å². The van der Waals surface area contributed by atoms with E-state index in [0.717, 1.165) is 10.9 Å². The van der Waals surface area contributed by atoms with Gasteiger partial charge in [-0.3, -0.25) is 14.4 Å². The van der Waals surface area contributed by atoms with Gasteiger partial charge in [0.15, 0.2) is 6.10 Å². The average molecular weight is 448 g/mol.